The van der Waals surface area contributed by atoms with E-state index in [1.807, 2.05) is 54.3 Å². The van der Waals surface area contributed by atoms with Gasteiger partial charge in [-0.3, -0.25) is 4.79 Å². The molecular formula is C19H21ClN2O. The van der Waals surface area contributed by atoms with E-state index in [9.17, 15) is 4.79 Å². The van der Waals surface area contributed by atoms with Gasteiger partial charge >= 0.3 is 0 Å². The minimum absolute atomic E-state index is 0.0285. The highest BCUT2D eigenvalue weighted by atomic mass is 35.5. The molecule has 2 atom stereocenters. The van der Waals surface area contributed by atoms with Crippen molar-refractivity contribution in [1.82, 2.24) is 5.32 Å². The molecule has 0 bridgehead atoms. The lowest BCUT2D eigenvalue weighted by Gasteiger charge is -2.24. The third kappa shape index (κ3) is 3.26. The summed E-state index contributed by atoms with van der Waals surface area (Å²) >= 11 is 6.22. The maximum atomic E-state index is 12.7. The summed E-state index contributed by atoms with van der Waals surface area (Å²) in [7, 11) is 0. The largest absolute Gasteiger partial charge is 0.308 e. The molecule has 0 radical (unpaired) electrons. The first-order valence-corrected chi connectivity index (χ1v) is 8.33. The van der Waals surface area contributed by atoms with Gasteiger partial charge in [0.2, 0.25) is 5.91 Å². The number of nitrogens with one attached hydrogen (secondary N) is 1. The van der Waals surface area contributed by atoms with Gasteiger partial charge in [0, 0.05) is 22.8 Å². The Labute approximate surface area is 142 Å². The fourth-order valence-electron chi connectivity index (χ4n) is 3.21. The van der Waals surface area contributed by atoms with Gasteiger partial charge in [0.25, 0.3) is 0 Å². The van der Waals surface area contributed by atoms with E-state index in [1.165, 1.54) is 5.56 Å². The number of anilines is 1. The number of rotatable bonds is 4. The molecule has 4 heteroatoms. The molecule has 120 valence electrons. The van der Waals surface area contributed by atoms with E-state index in [0.717, 1.165) is 22.7 Å². The van der Waals surface area contributed by atoms with Crippen molar-refractivity contribution in [2.24, 2.45) is 0 Å². The quantitative estimate of drug-likeness (QED) is 0.921. The molecule has 0 saturated heterocycles. The first-order chi connectivity index (χ1) is 11.1. The lowest BCUT2D eigenvalue weighted by Crippen LogP contribution is -2.42. The summed E-state index contributed by atoms with van der Waals surface area (Å²) in [5.41, 5.74) is 3.29. The van der Waals surface area contributed by atoms with Crippen molar-refractivity contribution in [1.29, 1.82) is 0 Å². The van der Waals surface area contributed by atoms with Crippen LogP contribution in [-0.4, -0.2) is 18.5 Å². The molecule has 1 aliphatic heterocycles. The molecule has 0 aromatic heterocycles. The van der Waals surface area contributed by atoms with Crippen molar-refractivity contribution in [2.75, 3.05) is 11.4 Å². The van der Waals surface area contributed by atoms with Crippen LogP contribution in [0, 0.1) is 0 Å². The minimum Gasteiger partial charge on any atom is -0.308 e. The zero-order valence-corrected chi connectivity index (χ0v) is 14.2. The zero-order valence-electron chi connectivity index (χ0n) is 13.4. The van der Waals surface area contributed by atoms with E-state index in [1.54, 1.807) is 0 Å². The zero-order chi connectivity index (χ0) is 16.4. The molecule has 3 nitrogen and oxygen atoms in total. The minimum atomic E-state index is 0.0285. The number of amides is 1. The molecular weight excluding hydrogens is 308 g/mol. The molecule has 1 N–H and O–H groups in total. The average molecular weight is 329 g/mol. The number of para-hydroxylation sites is 1. The number of hydrogen-bond donors (Lipinski definition) is 1. The molecule has 23 heavy (non-hydrogen) atoms. The van der Waals surface area contributed by atoms with Gasteiger partial charge in [-0.15, -0.1) is 0 Å². The van der Waals surface area contributed by atoms with Gasteiger partial charge < -0.3 is 10.2 Å². The molecule has 2 aromatic carbocycles. The number of benzene rings is 2. The molecule has 0 spiro atoms. The van der Waals surface area contributed by atoms with Crippen LogP contribution in [0.3, 0.4) is 0 Å². The van der Waals surface area contributed by atoms with Crippen LogP contribution in [0.25, 0.3) is 0 Å². The SMILES string of the molecule is C[C@H](NCC(=O)N1c2ccccc2C[C@H]1C)c1ccccc1Cl. The number of fused-ring (bicyclic) bond motifs is 1. The molecule has 1 heterocycles. The highest BCUT2D eigenvalue weighted by Crippen LogP contribution is 2.31. The maximum absolute atomic E-state index is 12.7. The summed E-state index contributed by atoms with van der Waals surface area (Å²) in [4.78, 5) is 14.6. The molecule has 1 aliphatic rings. The Kier molecular flexibility index (Phi) is 4.69. The van der Waals surface area contributed by atoms with Gasteiger partial charge in [-0.05, 0) is 43.5 Å². The second kappa shape index (κ2) is 6.73. The molecule has 1 amide bonds. The number of carbonyl (C=O) groups excluding carboxylic acids is 1. The van der Waals surface area contributed by atoms with E-state index in [0.29, 0.717) is 6.54 Å². The lowest BCUT2D eigenvalue weighted by atomic mass is 10.1. The number of carbonyl (C=O) groups is 1. The highest BCUT2D eigenvalue weighted by Gasteiger charge is 2.30. The summed E-state index contributed by atoms with van der Waals surface area (Å²) < 4.78 is 0. The number of hydrogen-bond acceptors (Lipinski definition) is 2. The Morgan fingerprint density at radius 2 is 1.96 bits per heavy atom. The van der Waals surface area contributed by atoms with Crippen LogP contribution in [0.4, 0.5) is 5.69 Å². The Morgan fingerprint density at radius 3 is 2.74 bits per heavy atom. The summed E-state index contributed by atoms with van der Waals surface area (Å²) in [6.45, 7) is 4.41. The number of halogens is 1. The van der Waals surface area contributed by atoms with E-state index >= 15 is 0 Å². The first kappa shape index (κ1) is 16.0. The fraction of sp³-hybridized carbons (Fsp3) is 0.316. The molecule has 0 saturated carbocycles. The average Bonchev–Trinajstić information content (AvgIpc) is 2.88. The van der Waals surface area contributed by atoms with E-state index in [4.69, 9.17) is 11.6 Å². The predicted molar refractivity (Wildman–Crippen MR) is 95.0 cm³/mol. The van der Waals surface area contributed by atoms with Crippen molar-refractivity contribution < 1.29 is 4.79 Å². The Bertz CT molecular complexity index is 716. The van der Waals surface area contributed by atoms with Crippen molar-refractivity contribution in [3.63, 3.8) is 0 Å². The first-order valence-electron chi connectivity index (χ1n) is 7.95. The maximum Gasteiger partial charge on any atom is 0.241 e. The van der Waals surface area contributed by atoms with Gasteiger partial charge in [0.15, 0.2) is 0 Å². The molecule has 0 aliphatic carbocycles. The predicted octanol–water partition coefficient (Wildman–Crippen LogP) is 3.97. The second-order valence-corrected chi connectivity index (χ2v) is 6.48. The van der Waals surface area contributed by atoms with E-state index < -0.39 is 0 Å². The Morgan fingerprint density at radius 1 is 1.26 bits per heavy atom. The van der Waals surface area contributed by atoms with Gasteiger partial charge in [-0.25, -0.2) is 0 Å². The molecule has 0 fully saturated rings. The highest BCUT2D eigenvalue weighted by molar-refractivity contribution is 6.31. The monoisotopic (exact) mass is 328 g/mol. The van der Waals surface area contributed by atoms with E-state index in [2.05, 4.69) is 18.3 Å². The normalized spacial score (nSPS) is 17.9. The van der Waals surface area contributed by atoms with Gasteiger partial charge in [0.05, 0.1) is 6.54 Å². The molecule has 3 rings (SSSR count). The fourth-order valence-corrected chi connectivity index (χ4v) is 3.51. The van der Waals surface area contributed by atoms with Crippen LogP contribution in [0.5, 0.6) is 0 Å². The van der Waals surface area contributed by atoms with Gasteiger partial charge in [0.1, 0.15) is 0 Å². The Hall–Kier alpha value is -1.84. The van der Waals surface area contributed by atoms with Crippen molar-refractivity contribution in [2.45, 2.75) is 32.4 Å². The van der Waals surface area contributed by atoms with Crippen molar-refractivity contribution in [3.05, 3.63) is 64.7 Å². The van der Waals surface area contributed by atoms with Crippen molar-refractivity contribution >= 4 is 23.2 Å². The Balaban J connectivity index is 1.67. The summed E-state index contributed by atoms with van der Waals surface area (Å²) in [5, 5.41) is 4.01. The summed E-state index contributed by atoms with van der Waals surface area (Å²) in [6.07, 6.45) is 0.919. The van der Waals surface area contributed by atoms with Crippen LogP contribution in [0.2, 0.25) is 5.02 Å². The van der Waals surface area contributed by atoms with Crippen LogP contribution in [0.15, 0.2) is 48.5 Å². The van der Waals surface area contributed by atoms with Crippen LogP contribution < -0.4 is 10.2 Å². The third-order valence-electron chi connectivity index (χ3n) is 4.41. The number of nitrogens with zero attached hydrogens (tertiary/aromatic N) is 1. The van der Waals surface area contributed by atoms with E-state index in [-0.39, 0.29) is 18.0 Å². The smallest absolute Gasteiger partial charge is 0.241 e. The molecule has 2 aromatic rings. The lowest BCUT2D eigenvalue weighted by molar-refractivity contribution is -0.118. The van der Waals surface area contributed by atoms with Crippen molar-refractivity contribution in [3.8, 4) is 0 Å². The molecule has 0 unspecified atom stereocenters. The summed E-state index contributed by atoms with van der Waals surface area (Å²) in [6, 6.07) is 16.1. The van der Waals surface area contributed by atoms with Gasteiger partial charge in [-0.2, -0.15) is 0 Å². The standard InChI is InChI=1S/C19H21ClN2O/c1-13-11-15-7-3-6-10-18(15)22(13)19(23)12-21-14(2)16-8-4-5-9-17(16)20/h3-10,13-14,21H,11-12H2,1-2H3/t13-,14+/m1/s1. The summed E-state index contributed by atoms with van der Waals surface area (Å²) in [5.74, 6) is 0.0985. The van der Waals surface area contributed by atoms with Crippen LogP contribution in [-0.2, 0) is 11.2 Å². The van der Waals surface area contributed by atoms with Crippen LogP contribution >= 0.6 is 11.6 Å². The third-order valence-corrected chi connectivity index (χ3v) is 4.75. The van der Waals surface area contributed by atoms with Gasteiger partial charge in [-0.1, -0.05) is 48.0 Å². The van der Waals surface area contributed by atoms with Crippen LogP contribution in [0.1, 0.15) is 31.0 Å². The topological polar surface area (TPSA) is 32.3 Å². The second-order valence-electron chi connectivity index (χ2n) is 6.07.